The summed E-state index contributed by atoms with van der Waals surface area (Å²) >= 11 is 1.70. The molecule has 0 amide bonds. The average Bonchev–Trinajstić information content (AvgIpc) is 3.00. The molecule has 0 fully saturated rings. The van der Waals surface area contributed by atoms with Gasteiger partial charge < -0.3 is 9.84 Å². The lowest BCUT2D eigenvalue weighted by atomic mass is 10.0. The quantitative estimate of drug-likeness (QED) is 0.747. The lowest BCUT2D eigenvalue weighted by molar-refractivity contribution is 0.192. The Bertz CT molecular complexity index is 717. The Morgan fingerprint density at radius 1 is 1.14 bits per heavy atom. The second kappa shape index (κ2) is 6.29. The number of thiophene rings is 1. The fourth-order valence-electron chi connectivity index (χ4n) is 2.46. The fourth-order valence-corrected chi connectivity index (χ4v) is 3.16. The van der Waals surface area contributed by atoms with Gasteiger partial charge in [-0.15, -0.1) is 0 Å². The van der Waals surface area contributed by atoms with Gasteiger partial charge in [-0.05, 0) is 34.7 Å². The van der Waals surface area contributed by atoms with Gasteiger partial charge in [-0.3, -0.25) is 0 Å². The van der Waals surface area contributed by atoms with E-state index in [1.807, 2.05) is 30.3 Å². The molecule has 0 spiro atoms. The highest BCUT2D eigenvalue weighted by Crippen LogP contribution is 2.33. The van der Waals surface area contributed by atoms with Gasteiger partial charge in [0.1, 0.15) is 5.75 Å². The molecule has 1 atom stereocenters. The van der Waals surface area contributed by atoms with Crippen molar-refractivity contribution in [2.75, 3.05) is 6.61 Å². The van der Waals surface area contributed by atoms with Crippen LogP contribution in [0.2, 0.25) is 0 Å². The van der Waals surface area contributed by atoms with Crippen molar-refractivity contribution in [3.05, 3.63) is 64.4 Å². The third-order valence-electron chi connectivity index (χ3n) is 3.58. The van der Waals surface area contributed by atoms with Crippen molar-refractivity contribution in [3.8, 4) is 5.75 Å². The molecule has 0 saturated carbocycles. The van der Waals surface area contributed by atoms with Gasteiger partial charge in [0.15, 0.2) is 0 Å². The molecule has 0 unspecified atom stereocenters. The molecule has 1 aromatic heterocycles. The first-order chi connectivity index (χ1) is 10.3. The molecular weight excluding hydrogens is 280 g/mol. The largest absolute Gasteiger partial charge is 0.492 e. The summed E-state index contributed by atoms with van der Waals surface area (Å²) in [7, 11) is 0. The second-order valence-corrected chi connectivity index (χ2v) is 5.89. The molecule has 0 saturated heterocycles. The Hall–Kier alpha value is -1.84. The molecule has 2 aromatic carbocycles. The lowest BCUT2D eigenvalue weighted by Crippen LogP contribution is -2.05. The first kappa shape index (κ1) is 14.1. The molecule has 0 aliphatic rings. The highest BCUT2D eigenvalue weighted by Gasteiger charge is 2.13. The molecule has 21 heavy (non-hydrogen) atoms. The first-order valence-corrected chi connectivity index (χ1v) is 8.03. The van der Waals surface area contributed by atoms with E-state index in [1.165, 1.54) is 5.56 Å². The van der Waals surface area contributed by atoms with Crippen LogP contribution < -0.4 is 4.74 Å². The van der Waals surface area contributed by atoms with Gasteiger partial charge in [0.2, 0.25) is 0 Å². The summed E-state index contributed by atoms with van der Waals surface area (Å²) in [4.78, 5) is 0. The zero-order chi connectivity index (χ0) is 14.7. The SMILES string of the molecule is C[C@H](O)c1ccc2ccccc2c1OCCc1ccsc1. The van der Waals surface area contributed by atoms with E-state index in [0.717, 1.165) is 28.5 Å². The minimum Gasteiger partial charge on any atom is -0.492 e. The van der Waals surface area contributed by atoms with Crippen LogP contribution in [0, 0.1) is 0 Å². The number of aliphatic hydroxyl groups excluding tert-OH is 1. The van der Waals surface area contributed by atoms with E-state index >= 15 is 0 Å². The van der Waals surface area contributed by atoms with Crippen molar-refractivity contribution in [1.82, 2.24) is 0 Å². The summed E-state index contributed by atoms with van der Waals surface area (Å²) in [6.07, 6.45) is 0.345. The minimum atomic E-state index is -0.536. The maximum absolute atomic E-state index is 9.97. The molecule has 108 valence electrons. The maximum atomic E-state index is 9.97. The lowest BCUT2D eigenvalue weighted by Gasteiger charge is -2.16. The van der Waals surface area contributed by atoms with Crippen LogP contribution in [0.1, 0.15) is 24.2 Å². The van der Waals surface area contributed by atoms with Crippen LogP contribution in [-0.4, -0.2) is 11.7 Å². The summed E-state index contributed by atoms with van der Waals surface area (Å²) in [5.41, 5.74) is 2.14. The van der Waals surface area contributed by atoms with Crippen LogP contribution in [0.5, 0.6) is 5.75 Å². The monoisotopic (exact) mass is 298 g/mol. The summed E-state index contributed by atoms with van der Waals surface area (Å²) < 4.78 is 6.03. The zero-order valence-corrected chi connectivity index (χ0v) is 12.8. The van der Waals surface area contributed by atoms with Crippen LogP contribution in [0.15, 0.2) is 53.2 Å². The summed E-state index contributed by atoms with van der Waals surface area (Å²) in [6.45, 7) is 2.39. The summed E-state index contributed by atoms with van der Waals surface area (Å²) in [5.74, 6) is 0.804. The predicted octanol–water partition coefficient (Wildman–Crippen LogP) is 4.58. The minimum absolute atomic E-state index is 0.536. The Morgan fingerprint density at radius 3 is 2.76 bits per heavy atom. The standard InChI is InChI=1S/C18H18O2S/c1-13(19)16-7-6-15-4-2-3-5-17(15)18(16)20-10-8-14-9-11-21-12-14/h2-7,9,11-13,19H,8,10H2,1H3/t13-/m0/s1. The molecule has 1 N–H and O–H groups in total. The van der Waals surface area contributed by atoms with Crippen LogP contribution >= 0.6 is 11.3 Å². The number of rotatable bonds is 5. The normalized spacial score (nSPS) is 12.5. The van der Waals surface area contributed by atoms with E-state index in [-0.39, 0.29) is 0 Å². The number of aliphatic hydroxyl groups is 1. The Morgan fingerprint density at radius 2 is 2.00 bits per heavy atom. The van der Waals surface area contributed by atoms with Crippen molar-refractivity contribution in [3.63, 3.8) is 0 Å². The zero-order valence-electron chi connectivity index (χ0n) is 12.0. The number of hydrogen-bond acceptors (Lipinski definition) is 3. The van der Waals surface area contributed by atoms with Crippen LogP contribution in [-0.2, 0) is 6.42 Å². The van der Waals surface area contributed by atoms with Crippen molar-refractivity contribution in [2.45, 2.75) is 19.4 Å². The van der Waals surface area contributed by atoms with Gasteiger partial charge in [0.05, 0.1) is 12.7 Å². The molecule has 0 radical (unpaired) electrons. The average molecular weight is 298 g/mol. The number of ether oxygens (including phenoxy) is 1. The molecule has 3 heteroatoms. The Kier molecular flexibility index (Phi) is 4.23. The van der Waals surface area contributed by atoms with Crippen molar-refractivity contribution in [2.24, 2.45) is 0 Å². The molecule has 0 bridgehead atoms. The summed E-state index contributed by atoms with van der Waals surface area (Å²) in [6, 6.07) is 14.2. The predicted molar refractivity (Wildman–Crippen MR) is 88.1 cm³/mol. The van der Waals surface area contributed by atoms with Crippen LogP contribution in [0.25, 0.3) is 10.8 Å². The van der Waals surface area contributed by atoms with Gasteiger partial charge in [-0.25, -0.2) is 0 Å². The smallest absolute Gasteiger partial charge is 0.132 e. The second-order valence-electron chi connectivity index (χ2n) is 5.11. The van der Waals surface area contributed by atoms with Crippen molar-refractivity contribution >= 4 is 22.1 Å². The van der Waals surface area contributed by atoms with E-state index in [0.29, 0.717) is 6.61 Å². The first-order valence-electron chi connectivity index (χ1n) is 7.09. The molecule has 3 aromatic rings. The number of hydrogen-bond donors (Lipinski definition) is 1. The van der Waals surface area contributed by atoms with E-state index in [4.69, 9.17) is 4.74 Å². The van der Waals surface area contributed by atoms with Gasteiger partial charge in [-0.1, -0.05) is 36.4 Å². The fraction of sp³-hybridized carbons (Fsp3) is 0.222. The van der Waals surface area contributed by atoms with Crippen LogP contribution in [0.3, 0.4) is 0 Å². The van der Waals surface area contributed by atoms with Crippen molar-refractivity contribution in [1.29, 1.82) is 0 Å². The van der Waals surface area contributed by atoms with E-state index in [1.54, 1.807) is 18.3 Å². The van der Waals surface area contributed by atoms with Gasteiger partial charge in [0.25, 0.3) is 0 Å². The molecule has 2 nitrogen and oxygen atoms in total. The third kappa shape index (κ3) is 3.09. The highest BCUT2D eigenvalue weighted by atomic mass is 32.1. The van der Waals surface area contributed by atoms with Gasteiger partial charge in [0, 0.05) is 17.4 Å². The van der Waals surface area contributed by atoms with Gasteiger partial charge in [-0.2, -0.15) is 11.3 Å². The van der Waals surface area contributed by atoms with E-state index in [2.05, 4.69) is 22.9 Å². The summed E-state index contributed by atoms with van der Waals surface area (Å²) in [5, 5.41) is 16.4. The van der Waals surface area contributed by atoms with Crippen molar-refractivity contribution < 1.29 is 9.84 Å². The Balaban J connectivity index is 1.89. The third-order valence-corrected chi connectivity index (χ3v) is 4.31. The topological polar surface area (TPSA) is 29.5 Å². The Labute approximate surface area is 128 Å². The maximum Gasteiger partial charge on any atom is 0.132 e. The molecule has 3 rings (SSSR count). The molecular formula is C18H18O2S. The van der Waals surface area contributed by atoms with E-state index in [9.17, 15) is 5.11 Å². The van der Waals surface area contributed by atoms with E-state index < -0.39 is 6.10 Å². The van der Waals surface area contributed by atoms with Gasteiger partial charge >= 0.3 is 0 Å². The molecule has 0 aliphatic carbocycles. The number of fused-ring (bicyclic) bond motifs is 1. The number of benzene rings is 2. The van der Waals surface area contributed by atoms with Crippen LogP contribution in [0.4, 0.5) is 0 Å². The molecule has 0 aliphatic heterocycles. The molecule has 1 heterocycles. The highest BCUT2D eigenvalue weighted by molar-refractivity contribution is 7.07.